The third kappa shape index (κ3) is 3.41. The number of rotatable bonds is 6. The summed E-state index contributed by atoms with van der Waals surface area (Å²) in [5.74, 6) is 0.649. The lowest BCUT2D eigenvalue weighted by atomic mass is 10.0. The van der Waals surface area contributed by atoms with Crippen LogP contribution in [0.25, 0.3) is 10.9 Å². The second-order valence-electron chi connectivity index (χ2n) is 5.84. The van der Waals surface area contributed by atoms with Crippen molar-refractivity contribution in [2.45, 2.75) is 31.8 Å². The largest absolute Gasteiger partial charge is 0.380 e. The molecule has 1 unspecified atom stereocenters. The quantitative estimate of drug-likeness (QED) is 0.855. The second-order valence-corrected chi connectivity index (χ2v) is 7.60. The van der Waals surface area contributed by atoms with E-state index in [1.54, 1.807) is 25.6 Å². The van der Waals surface area contributed by atoms with Crippen LogP contribution in [0.2, 0.25) is 0 Å². The first-order valence-electron chi connectivity index (χ1n) is 7.54. The number of methoxy groups -OCH3 is 1. The molecule has 7 heteroatoms. The van der Waals surface area contributed by atoms with Crippen molar-refractivity contribution in [2.75, 3.05) is 17.6 Å². The molecular weight excluding hydrogens is 302 g/mol. The minimum Gasteiger partial charge on any atom is -0.380 e. The van der Waals surface area contributed by atoms with Crippen LogP contribution < -0.4 is 4.72 Å². The number of pyridine rings is 1. The summed E-state index contributed by atoms with van der Waals surface area (Å²) < 4.78 is 32.7. The lowest BCUT2D eigenvalue weighted by molar-refractivity contribution is 0.0718. The van der Waals surface area contributed by atoms with E-state index >= 15 is 0 Å². The van der Waals surface area contributed by atoms with E-state index in [1.807, 2.05) is 6.07 Å². The highest BCUT2D eigenvalue weighted by atomic mass is 32.2. The Labute approximate surface area is 130 Å². The van der Waals surface area contributed by atoms with Crippen molar-refractivity contribution in [1.29, 1.82) is 0 Å². The summed E-state index contributed by atoms with van der Waals surface area (Å²) in [5.41, 5.74) is 0.878. The van der Waals surface area contributed by atoms with Gasteiger partial charge in [-0.05, 0) is 30.9 Å². The SMILES string of the molecule is COC(CS(=O)(=O)Nc1cc2cc[nH]c2cn1)C1CCCC1. The van der Waals surface area contributed by atoms with Gasteiger partial charge in [0.2, 0.25) is 10.0 Å². The molecule has 2 heterocycles. The molecule has 1 atom stereocenters. The van der Waals surface area contributed by atoms with Crippen molar-refractivity contribution < 1.29 is 13.2 Å². The fraction of sp³-hybridized carbons (Fsp3) is 0.533. The molecule has 0 saturated heterocycles. The standard InChI is InChI=1S/C15H21N3O3S/c1-21-14(11-4-2-3-5-11)10-22(19,20)18-15-8-12-6-7-16-13(12)9-17-15/h6-9,11,14,16H,2-5,10H2,1H3,(H,17,18). The average molecular weight is 323 g/mol. The van der Waals surface area contributed by atoms with Gasteiger partial charge in [0.1, 0.15) is 5.82 Å². The van der Waals surface area contributed by atoms with Crippen molar-refractivity contribution in [3.8, 4) is 0 Å². The highest BCUT2D eigenvalue weighted by molar-refractivity contribution is 7.92. The van der Waals surface area contributed by atoms with Gasteiger partial charge < -0.3 is 9.72 Å². The summed E-state index contributed by atoms with van der Waals surface area (Å²) in [5, 5.41) is 0.923. The second kappa shape index (κ2) is 6.26. The Kier molecular flexibility index (Phi) is 4.35. The molecule has 0 radical (unpaired) electrons. The lowest BCUT2D eigenvalue weighted by Crippen LogP contribution is -2.32. The van der Waals surface area contributed by atoms with E-state index in [9.17, 15) is 8.42 Å². The van der Waals surface area contributed by atoms with Crippen LogP contribution >= 0.6 is 0 Å². The Balaban J connectivity index is 1.71. The van der Waals surface area contributed by atoms with Gasteiger partial charge in [-0.25, -0.2) is 13.4 Å². The van der Waals surface area contributed by atoms with Crippen LogP contribution in [0.1, 0.15) is 25.7 Å². The first kappa shape index (κ1) is 15.3. The Morgan fingerprint density at radius 1 is 1.45 bits per heavy atom. The van der Waals surface area contributed by atoms with Crippen LogP contribution in [0, 0.1) is 5.92 Å². The van der Waals surface area contributed by atoms with Crippen molar-refractivity contribution in [3.05, 3.63) is 24.5 Å². The van der Waals surface area contributed by atoms with Gasteiger partial charge >= 0.3 is 0 Å². The maximum Gasteiger partial charge on any atom is 0.236 e. The lowest BCUT2D eigenvalue weighted by Gasteiger charge is -2.21. The highest BCUT2D eigenvalue weighted by Gasteiger charge is 2.29. The van der Waals surface area contributed by atoms with Gasteiger partial charge in [-0.15, -0.1) is 0 Å². The average Bonchev–Trinajstić information content (AvgIpc) is 3.15. The molecule has 1 fully saturated rings. The summed E-state index contributed by atoms with van der Waals surface area (Å²) in [6.45, 7) is 0. The molecule has 0 aromatic carbocycles. The number of fused-ring (bicyclic) bond motifs is 1. The summed E-state index contributed by atoms with van der Waals surface area (Å²) in [6.07, 6.45) is 7.57. The van der Waals surface area contributed by atoms with E-state index in [-0.39, 0.29) is 11.9 Å². The van der Waals surface area contributed by atoms with Crippen LogP contribution in [-0.2, 0) is 14.8 Å². The van der Waals surface area contributed by atoms with Crippen LogP contribution in [0.5, 0.6) is 0 Å². The number of anilines is 1. The number of hydrogen-bond donors (Lipinski definition) is 2. The van der Waals surface area contributed by atoms with Gasteiger partial charge in [0, 0.05) is 18.7 Å². The maximum absolute atomic E-state index is 12.4. The zero-order chi connectivity index (χ0) is 15.6. The zero-order valence-corrected chi connectivity index (χ0v) is 13.4. The summed E-state index contributed by atoms with van der Waals surface area (Å²) in [4.78, 5) is 7.16. The summed E-state index contributed by atoms with van der Waals surface area (Å²) in [6, 6.07) is 3.60. The first-order chi connectivity index (χ1) is 10.6. The predicted molar refractivity (Wildman–Crippen MR) is 86.3 cm³/mol. The molecule has 22 heavy (non-hydrogen) atoms. The number of hydrogen-bond acceptors (Lipinski definition) is 4. The van der Waals surface area contributed by atoms with E-state index < -0.39 is 10.0 Å². The monoisotopic (exact) mass is 323 g/mol. The minimum atomic E-state index is -3.48. The number of ether oxygens (including phenoxy) is 1. The van der Waals surface area contributed by atoms with Gasteiger partial charge in [-0.1, -0.05) is 12.8 Å². The molecule has 120 valence electrons. The van der Waals surface area contributed by atoms with E-state index in [0.717, 1.165) is 36.6 Å². The molecule has 2 aromatic rings. The molecule has 1 aliphatic carbocycles. The van der Waals surface area contributed by atoms with Crippen molar-refractivity contribution in [1.82, 2.24) is 9.97 Å². The van der Waals surface area contributed by atoms with E-state index in [1.165, 1.54) is 0 Å². The topological polar surface area (TPSA) is 84.1 Å². The normalized spacial score (nSPS) is 17.9. The number of nitrogens with one attached hydrogen (secondary N) is 2. The predicted octanol–water partition coefficient (Wildman–Crippen LogP) is 2.51. The first-order valence-corrected chi connectivity index (χ1v) is 9.19. The Bertz CT molecular complexity index is 735. The van der Waals surface area contributed by atoms with Crippen molar-refractivity contribution >= 4 is 26.7 Å². The third-order valence-corrected chi connectivity index (χ3v) is 5.60. The molecule has 0 aliphatic heterocycles. The van der Waals surface area contributed by atoms with Crippen LogP contribution in [0.15, 0.2) is 24.5 Å². The maximum atomic E-state index is 12.4. The molecule has 3 rings (SSSR count). The summed E-state index contributed by atoms with van der Waals surface area (Å²) >= 11 is 0. The van der Waals surface area contributed by atoms with Crippen LogP contribution in [0.4, 0.5) is 5.82 Å². The number of H-pyrrole nitrogens is 1. The molecule has 0 bridgehead atoms. The molecule has 1 saturated carbocycles. The van der Waals surface area contributed by atoms with Gasteiger partial charge in [-0.3, -0.25) is 4.72 Å². The summed E-state index contributed by atoms with van der Waals surface area (Å²) in [7, 11) is -1.90. The fourth-order valence-corrected chi connectivity index (χ4v) is 4.50. The van der Waals surface area contributed by atoms with Gasteiger partial charge in [-0.2, -0.15) is 0 Å². The molecule has 0 spiro atoms. The number of aromatic nitrogens is 2. The molecule has 2 N–H and O–H groups in total. The number of sulfonamides is 1. The molecule has 2 aromatic heterocycles. The third-order valence-electron chi connectivity index (χ3n) is 4.31. The highest BCUT2D eigenvalue weighted by Crippen LogP contribution is 2.30. The van der Waals surface area contributed by atoms with E-state index in [0.29, 0.717) is 11.7 Å². The van der Waals surface area contributed by atoms with Gasteiger partial charge in [0.25, 0.3) is 0 Å². The number of nitrogens with zero attached hydrogens (tertiary/aromatic N) is 1. The minimum absolute atomic E-state index is 0.0268. The van der Waals surface area contributed by atoms with Crippen molar-refractivity contribution in [2.24, 2.45) is 5.92 Å². The molecule has 6 nitrogen and oxygen atoms in total. The Hall–Kier alpha value is -1.60. The number of aromatic amines is 1. The Morgan fingerprint density at radius 2 is 2.23 bits per heavy atom. The van der Waals surface area contributed by atoms with Crippen LogP contribution in [-0.4, -0.2) is 37.4 Å². The molecular formula is C15H21N3O3S. The Morgan fingerprint density at radius 3 is 2.95 bits per heavy atom. The van der Waals surface area contributed by atoms with E-state index in [4.69, 9.17) is 4.74 Å². The van der Waals surface area contributed by atoms with Crippen molar-refractivity contribution in [3.63, 3.8) is 0 Å². The molecule has 1 aliphatic rings. The van der Waals surface area contributed by atoms with Crippen LogP contribution in [0.3, 0.4) is 0 Å². The fourth-order valence-electron chi connectivity index (χ4n) is 3.15. The zero-order valence-electron chi connectivity index (χ0n) is 12.6. The smallest absolute Gasteiger partial charge is 0.236 e. The van der Waals surface area contributed by atoms with Gasteiger partial charge in [0.05, 0.1) is 23.6 Å². The van der Waals surface area contributed by atoms with E-state index in [2.05, 4.69) is 14.7 Å². The molecule has 0 amide bonds. The van der Waals surface area contributed by atoms with Gasteiger partial charge in [0.15, 0.2) is 0 Å².